The molecular formula is C20H16F4N4O2. The van der Waals surface area contributed by atoms with Gasteiger partial charge >= 0.3 is 6.18 Å². The van der Waals surface area contributed by atoms with Crippen LogP contribution in [0.3, 0.4) is 0 Å². The number of rotatable bonds is 4. The number of amides is 1. The van der Waals surface area contributed by atoms with Crippen LogP contribution in [0, 0.1) is 5.82 Å². The van der Waals surface area contributed by atoms with Crippen molar-refractivity contribution < 1.29 is 27.1 Å². The first-order valence-corrected chi connectivity index (χ1v) is 9.12. The number of aromatic nitrogens is 3. The second-order valence-corrected chi connectivity index (χ2v) is 6.69. The molecule has 0 saturated heterocycles. The number of hydrogen-bond donors (Lipinski definition) is 1. The summed E-state index contributed by atoms with van der Waals surface area (Å²) in [6.45, 7) is 1.11. The van der Waals surface area contributed by atoms with Gasteiger partial charge in [0.15, 0.2) is 5.69 Å². The van der Waals surface area contributed by atoms with Crippen molar-refractivity contribution in [1.82, 2.24) is 20.1 Å². The summed E-state index contributed by atoms with van der Waals surface area (Å²) < 4.78 is 60.0. The van der Waals surface area contributed by atoms with Crippen LogP contribution < -0.4 is 10.1 Å². The molecule has 2 aromatic heterocycles. The number of halogens is 4. The summed E-state index contributed by atoms with van der Waals surface area (Å²) in [5.41, 5.74) is -0.670. The number of benzene rings is 1. The first-order valence-electron chi connectivity index (χ1n) is 9.12. The van der Waals surface area contributed by atoms with Crippen LogP contribution in [0.5, 0.6) is 5.88 Å². The van der Waals surface area contributed by atoms with Gasteiger partial charge in [-0.1, -0.05) is 12.1 Å². The van der Waals surface area contributed by atoms with E-state index in [0.29, 0.717) is 19.0 Å². The van der Waals surface area contributed by atoms with Gasteiger partial charge in [-0.05, 0) is 29.8 Å². The van der Waals surface area contributed by atoms with E-state index in [1.54, 1.807) is 4.68 Å². The van der Waals surface area contributed by atoms with Crippen molar-refractivity contribution in [2.75, 3.05) is 6.61 Å². The molecule has 156 valence electrons. The average molecular weight is 420 g/mol. The molecule has 10 heteroatoms. The monoisotopic (exact) mass is 420 g/mol. The molecule has 1 N–H and O–H groups in total. The topological polar surface area (TPSA) is 69.0 Å². The Hall–Kier alpha value is -3.43. The number of pyridine rings is 1. The summed E-state index contributed by atoms with van der Waals surface area (Å²) in [5.74, 6) is -0.882. The van der Waals surface area contributed by atoms with Crippen LogP contribution in [0.4, 0.5) is 17.6 Å². The molecule has 1 aliphatic heterocycles. The molecule has 4 rings (SSSR count). The number of ether oxygens (including phenoxy) is 1. The summed E-state index contributed by atoms with van der Waals surface area (Å²) in [6, 6.07) is 7.01. The molecule has 1 atom stereocenters. The highest BCUT2D eigenvalue weighted by atomic mass is 19.4. The van der Waals surface area contributed by atoms with E-state index in [4.69, 9.17) is 4.74 Å². The minimum absolute atomic E-state index is 0.0557. The van der Waals surface area contributed by atoms with Crippen LogP contribution >= 0.6 is 0 Å². The summed E-state index contributed by atoms with van der Waals surface area (Å²) in [5, 5.41) is 6.80. The lowest BCUT2D eigenvalue weighted by molar-refractivity contribution is -0.137. The lowest BCUT2D eigenvalue weighted by Crippen LogP contribution is -2.31. The summed E-state index contributed by atoms with van der Waals surface area (Å²) in [6.07, 6.45) is -2.42. The molecule has 0 fully saturated rings. The van der Waals surface area contributed by atoms with Gasteiger partial charge in [-0.2, -0.15) is 18.3 Å². The van der Waals surface area contributed by atoms with Crippen LogP contribution in [-0.4, -0.2) is 27.3 Å². The number of hydrogen-bond acceptors (Lipinski definition) is 4. The Morgan fingerprint density at radius 1 is 1.20 bits per heavy atom. The Morgan fingerprint density at radius 2 is 1.97 bits per heavy atom. The third-order valence-corrected chi connectivity index (χ3v) is 4.65. The number of fused-ring (bicyclic) bond motifs is 1. The number of alkyl halides is 3. The predicted octanol–water partition coefficient (Wildman–Crippen LogP) is 3.74. The zero-order valence-electron chi connectivity index (χ0n) is 15.5. The maximum Gasteiger partial charge on any atom is 0.416 e. The van der Waals surface area contributed by atoms with Crippen LogP contribution in [0.1, 0.15) is 39.8 Å². The molecule has 30 heavy (non-hydrogen) atoms. The van der Waals surface area contributed by atoms with Gasteiger partial charge in [-0.15, -0.1) is 0 Å². The number of nitrogens with zero attached hydrogens (tertiary/aromatic N) is 3. The van der Waals surface area contributed by atoms with Gasteiger partial charge in [0, 0.05) is 25.2 Å². The second-order valence-electron chi connectivity index (χ2n) is 6.69. The van der Waals surface area contributed by atoms with E-state index in [-0.39, 0.29) is 17.0 Å². The zero-order valence-corrected chi connectivity index (χ0v) is 15.5. The first kappa shape index (κ1) is 19.9. The Labute approximate surface area is 168 Å². The van der Waals surface area contributed by atoms with Gasteiger partial charge in [0.1, 0.15) is 11.5 Å². The molecule has 1 aromatic carbocycles. The lowest BCUT2D eigenvalue weighted by atomic mass is 10.0. The van der Waals surface area contributed by atoms with E-state index in [0.717, 1.165) is 24.6 Å². The maximum atomic E-state index is 14.4. The molecule has 0 aliphatic carbocycles. The van der Waals surface area contributed by atoms with E-state index in [9.17, 15) is 22.4 Å². The Morgan fingerprint density at radius 3 is 2.63 bits per heavy atom. The smallest absolute Gasteiger partial charge is 0.416 e. The minimum Gasteiger partial charge on any atom is -0.478 e. The van der Waals surface area contributed by atoms with Gasteiger partial charge < -0.3 is 10.1 Å². The normalized spacial score (nSPS) is 14.5. The second kappa shape index (κ2) is 7.77. The molecule has 0 bridgehead atoms. The summed E-state index contributed by atoms with van der Waals surface area (Å²) in [4.78, 5) is 16.8. The predicted molar refractivity (Wildman–Crippen MR) is 97.3 cm³/mol. The standard InChI is InChI=1S/C20H16F4N4O2/c21-14-3-1-8-25-18(14)17(12-4-6-13(7-5-12)20(22,23)24)26-19(29)15-11-16-28(27-15)9-2-10-30-16/h1,3-8,11,17H,2,9-10H2,(H,26,29). The number of carbonyl (C=O) groups is 1. The lowest BCUT2D eigenvalue weighted by Gasteiger charge is -2.19. The van der Waals surface area contributed by atoms with Crippen molar-refractivity contribution in [2.24, 2.45) is 0 Å². The van der Waals surface area contributed by atoms with Crippen LogP contribution in [0.25, 0.3) is 0 Å². The summed E-state index contributed by atoms with van der Waals surface area (Å²) in [7, 11) is 0. The maximum absolute atomic E-state index is 14.4. The third kappa shape index (κ3) is 3.98. The highest BCUT2D eigenvalue weighted by Crippen LogP contribution is 2.31. The molecule has 3 aromatic rings. The third-order valence-electron chi connectivity index (χ3n) is 4.65. The van der Waals surface area contributed by atoms with Crippen LogP contribution in [-0.2, 0) is 12.7 Å². The van der Waals surface area contributed by atoms with E-state index in [2.05, 4.69) is 15.4 Å². The number of carbonyl (C=O) groups excluding carboxylic acids is 1. The van der Waals surface area contributed by atoms with Crippen molar-refractivity contribution in [2.45, 2.75) is 25.2 Å². The van der Waals surface area contributed by atoms with E-state index >= 15 is 0 Å². The molecule has 0 radical (unpaired) electrons. The highest BCUT2D eigenvalue weighted by Gasteiger charge is 2.31. The fraction of sp³-hybridized carbons (Fsp3) is 0.250. The molecule has 1 unspecified atom stereocenters. The quantitative estimate of drug-likeness (QED) is 0.653. The van der Waals surface area contributed by atoms with Crippen molar-refractivity contribution in [1.29, 1.82) is 0 Å². The average Bonchev–Trinajstić information content (AvgIpc) is 3.16. The van der Waals surface area contributed by atoms with Crippen LogP contribution in [0.2, 0.25) is 0 Å². The van der Waals surface area contributed by atoms with Gasteiger partial charge in [-0.25, -0.2) is 9.07 Å². The highest BCUT2D eigenvalue weighted by molar-refractivity contribution is 5.93. The molecule has 1 amide bonds. The van der Waals surface area contributed by atoms with Crippen LogP contribution in [0.15, 0.2) is 48.7 Å². The van der Waals surface area contributed by atoms with Gasteiger partial charge in [0.25, 0.3) is 5.91 Å². The molecule has 0 spiro atoms. The number of nitrogens with one attached hydrogen (secondary N) is 1. The van der Waals surface area contributed by atoms with Crippen molar-refractivity contribution in [3.05, 3.63) is 77.0 Å². The summed E-state index contributed by atoms with van der Waals surface area (Å²) >= 11 is 0. The van der Waals surface area contributed by atoms with E-state index in [1.807, 2.05) is 0 Å². The fourth-order valence-electron chi connectivity index (χ4n) is 3.17. The van der Waals surface area contributed by atoms with Gasteiger partial charge in [-0.3, -0.25) is 9.78 Å². The SMILES string of the molecule is O=C(NC(c1ccc(C(F)(F)F)cc1)c1ncccc1F)c1cc2n(n1)CCCO2. The zero-order chi connectivity index (χ0) is 21.3. The number of aryl methyl sites for hydroxylation is 1. The van der Waals surface area contributed by atoms with Crippen molar-refractivity contribution >= 4 is 5.91 Å². The van der Waals surface area contributed by atoms with Gasteiger partial charge in [0.05, 0.1) is 18.2 Å². The minimum atomic E-state index is -4.51. The molecule has 3 heterocycles. The molecular weight excluding hydrogens is 404 g/mol. The van der Waals surface area contributed by atoms with Crippen molar-refractivity contribution in [3.8, 4) is 5.88 Å². The van der Waals surface area contributed by atoms with E-state index < -0.39 is 29.5 Å². The molecule has 6 nitrogen and oxygen atoms in total. The largest absolute Gasteiger partial charge is 0.478 e. The Bertz CT molecular complexity index is 1040. The van der Waals surface area contributed by atoms with E-state index in [1.165, 1.54) is 30.5 Å². The Balaban J connectivity index is 1.66. The van der Waals surface area contributed by atoms with Gasteiger partial charge in [0.2, 0.25) is 5.88 Å². The first-order chi connectivity index (χ1) is 14.3. The fourth-order valence-corrected chi connectivity index (χ4v) is 3.17. The Kier molecular flexibility index (Phi) is 5.15. The molecule has 0 saturated carbocycles. The van der Waals surface area contributed by atoms with Crippen molar-refractivity contribution in [3.63, 3.8) is 0 Å². The molecule has 1 aliphatic rings.